The molecule has 2 aromatic rings. The molecule has 1 N–H and O–H groups in total. The van der Waals surface area contributed by atoms with Crippen molar-refractivity contribution < 1.29 is 17.2 Å². The molecular weight excluding hydrogens is 288 g/mol. The van der Waals surface area contributed by atoms with E-state index in [2.05, 4.69) is 9.82 Å². The number of aromatic nitrogens is 2. The van der Waals surface area contributed by atoms with Gasteiger partial charge in [0.2, 0.25) is 0 Å². The van der Waals surface area contributed by atoms with E-state index < -0.39 is 26.6 Å². The molecule has 1 aromatic carbocycles. The van der Waals surface area contributed by atoms with Crippen LogP contribution in [0.3, 0.4) is 0 Å². The smallest absolute Gasteiger partial charge is 0.263 e. The minimum atomic E-state index is -4.22. The molecule has 2 rings (SSSR count). The molecule has 0 saturated heterocycles. The van der Waals surface area contributed by atoms with E-state index >= 15 is 0 Å². The first-order valence-electron chi connectivity index (χ1n) is 5.70. The van der Waals surface area contributed by atoms with Crippen molar-refractivity contribution in [3.05, 3.63) is 41.1 Å². The van der Waals surface area contributed by atoms with Crippen LogP contribution in [0.25, 0.3) is 0 Å². The summed E-state index contributed by atoms with van der Waals surface area (Å²) in [4.78, 5) is -0.740. The first-order chi connectivity index (χ1) is 9.22. The Hall–Kier alpha value is -1.96. The topological polar surface area (TPSA) is 64.0 Å². The van der Waals surface area contributed by atoms with Crippen molar-refractivity contribution in [1.29, 1.82) is 0 Å². The minimum absolute atomic E-state index is 0.214. The lowest BCUT2D eigenvalue weighted by molar-refractivity contribution is 0.555. The van der Waals surface area contributed by atoms with E-state index in [1.807, 2.05) is 0 Å². The van der Waals surface area contributed by atoms with E-state index in [0.717, 1.165) is 12.1 Å². The maximum atomic E-state index is 13.6. The summed E-state index contributed by atoms with van der Waals surface area (Å²) in [6.45, 7) is 3.40. The number of nitrogens with one attached hydrogen (secondary N) is 1. The molecule has 5 nitrogen and oxygen atoms in total. The molecule has 0 radical (unpaired) electrons. The fraction of sp³-hybridized carbons (Fsp3) is 0.250. The van der Waals surface area contributed by atoms with Gasteiger partial charge in [-0.3, -0.25) is 9.40 Å². The van der Waals surface area contributed by atoms with Crippen molar-refractivity contribution in [3.8, 4) is 0 Å². The highest BCUT2D eigenvalue weighted by molar-refractivity contribution is 7.92. The number of hydrogen-bond acceptors (Lipinski definition) is 3. The van der Waals surface area contributed by atoms with Crippen molar-refractivity contribution >= 4 is 15.8 Å². The molecule has 8 heteroatoms. The van der Waals surface area contributed by atoms with Crippen molar-refractivity contribution in [2.75, 3.05) is 4.72 Å². The maximum absolute atomic E-state index is 13.6. The summed E-state index contributed by atoms with van der Waals surface area (Å²) in [7, 11) is -2.67. The Morgan fingerprint density at radius 2 is 1.90 bits per heavy atom. The molecule has 0 fully saturated rings. The standard InChI is InChI=1S/C12H13F2N3O2S/c1-7-8(2)15-17(3)12(7)16-20(18,19)11-6-9(13)4-5-10(11)14/h4-6,16H,1-3H3. The van der Waals surface area contributed by atoms with Crippen LogP contribution in [0.2, 0.25) is 0 Å². The summed E-state index contributed by atoms with van der Waals surface area (Å²) in [6.07, 6.45) is 0. The zero-order valence-corrected chi connectivity index (χ0v) is 11.9. The van der Waals surface area contributed by atoms with Gasteiger partial charge in [-0.2, -0.15) is 5.10 Å². The first-order valence-corrected chi connectivity index (χ1v) is 7.19. The Morgan fingerprint density at radius 3 is 2.45 bits per heavy atom. The van der Waals surface area contributed by atoms with Crippen molar-refractivity contribution in [3.63, 3.8) is 0 Å². The van der Waals surface area contributed by atoms with Gasteiger partial charge in [0.15, 0.2) is 0 Å². The number of halogens is 2. The molecule has 1 aromatic heterocycles. The SMILES string of the molecule is Cc1nn(C)c(NS(=O)(=O)c2cc(F)ccc2F)c1C. The highest BCUT2D eigenvalue weighted by Crippen LogP contribution is 2.23. The summed E-state index contributed by atoms with van der Waals surface area (Å²) >= 11 is 0. The molecule has 0 atom stereocenters. The number of rotatable bonds is 3. The van der Waals surface area contributed by atoms with E-state index in [1.165, 1.54) is 4.68 Å². The number of nitrogens with zero attached hydrogens (tertiary/aromatic N) is 2. The Morgan fingerprint density at radius 1 is 1.25 bits per heavy atom. The van der Waals surface area contributed by atoms with Gasteiger partial charge in [0.1, 0.15) is 22.3 Å². The summed E-state index contributed by atoms with van der Waals surface area (Å²) in [5.41, 5.74) is 1.26. The Balaban J connectivity index is 2.49. The molecule has 0 aliphatic heterocycles. The van der Waals surface area contributed by atoms with Crippen molar-refractivity contribution in [1.82, 2.24) is 9.78 Å². The second-order valence-electron chi connectivity index (χ2n) is 4.36. The molecule has 0 unspecified atom stereocenters. The van der Waals surface area contributed by atoms with Gasteiger partial charge >= 0.3 is 0 Å². The molecular formula is C12H13F2N3O2S. The van der Waals surface area contributed by atoms with Crippen LogP contribution in [0.4, 0.5) is 14.6 Å². The van der Waals surface area contributed by atoms with E-state index in [0.29, 0.717) is 17.3 Å². The zero-order valence-electron chi connectivity index (χ0n) is 11.1. The van der Waals surface area contributed by atoms with Gasteiger partial charge < -0.3 is 0 Å². The van der Waals surface area contributed by atoms with Gasteiger partial charge in [-0.1, -0.05) is 0 Å². The molecule has 0 spiro atoms. The largest absolute Gasteiger partial charge is 0.266 e. The van der Waals surface area contributed by atoms with Crippen LogP contribution >= 0.6 is 0 Å². The fourth-order valence-electron chi connectivity index (χ4n) is 1.77. The number of hydrogen-bond donors (Lipinski definition) is 1. The van der Waals surface area contributed by atoms with Gasteiger partial charge in [0.25, 0.3) is 10.0 Å². The first kappa shape index (κ1) is 14.4. The monoisotopic (exact) mass is 301 g/mol. The van der Waals surface area contributed by atoms with Crippen LogP contribution in [-0.4, -0.2) is 18.2 Å². The number of benzene rings is 1. The molecule has 20 heavy (non-hydrogen) atoms. The third kappa shape index (κ3) is 2.51. The molecule has 0 saturated carbocycles. The second kappa shape index (κ2) is 4.86. The lowest BCUT2D eigenvalue weighted by atomic mass is 10.3. The number of aryl methyl sites for hydroxylation is 2. The molecule has 0 aliphatic carbocycles. The van der Waals surface area contributed by atoms with Crippen LogP contribution in [0.1, 0.15) is 11.3 Å². The molecule has 108 valence electrons. The van der Waals surface area contributed by atoms with Gasteiger partial charge in [-0.05, 0) is 32.0 Å². The second-order valence-corrected chi connectivity index (χ2v) is 6.01. The average Bonchev–Trinajstić information content (AvgIpc) is 2.59. The third-order valence-corrected chi connectivity index (χ3v) is 4.29. The summed E-state index contributed by atoms with van der Waals surface area (Å²) in [5.74, 6) is -1.63. The normalized spacial score (nSPS) is 11.7. The molecule has 0 amide bonds. The van der Waals surface area contributed by atoms with Gasteiger partial charge in [-0.15, -0.1) is 0 Å². The van der Waals surface area contributed by atoms with Crippen LogP contribution in [0, 0.1) is 25.5 Å². The highest BCUT2D eigenvalue weighted by atomic mass is 32.2. The maximum Gasteiger partial charge on any atom is 0.266 e. The third-order valence-electron chi connectivity index (χ3n) is 2.94. The number of anilines is 1. The molecule has 0 bridgehead atoms. The summed E-state index contributed by atoms with van der Waals surface area (Å²) < 4.78 is 54.5. The van der Waals surface area contributed by atoms with Gasteiger partial charge in [0.05, 0.1) is 5.69 Å². The molecule has 0 aliphatic rings. The van der Waals surface area contributed by atoms with Crippen LogP contribution < -0.4 is 4.72 Å². The number of sulfonamides is 1. The van der Waals surface area contributed by atoms with E-state index in [4.69, 9.17) is 0 Å². The lowest BCUT2D eigenvalue weighted by Gasteiger charge is -2.10. The quantitative estimate of drug-likeness (QED) is 0.944. The average molecular weight is 301 g/mol. The summed E-state index contributed by atoms with van der Waals surface area (Å²) in [6, 6.07) is 2.26. The Bertz CT molecular complexity index is 769. The predicted octanol–water partition coefficient (Wildman–Crippen LogP) is 2.12. The van der Waals surface area contributed by atoms with Gasteiger partial charge in [0, 0.05) is 12.6 Å². The van der Waals surface area contributed by atoms with Crippen LogP contribution in [-0.2, 0) is 17.1 Å². The van der Waals surface area contributed by atoms with Crippen molar-refractivity contribution in [2.24, 2.45) is 7.05 Å². The Kier molecular flexibility index (Phi) is 3.51. The van der Waals surface area contributed by atoms with Crippen molar-refractivity contribution in [2.45, 2.75) is 18.7 Å². The lowest BCUT2D eigenvalue weighted by Crippen LogP contribution is -2.17. The van der Waals surface area contributed by atoms with Gasteiger partial charge in [-0.25, -0.2) is 17.2 Å². The van der Waals surface area contributed by atoms with E-state index in [9.17, 15) is 17.2 Å². The van der Waals surface area contributed by atoms with Crippen LogP contribution in [0.5, 0.6) is 0 Å². The zero-order chi connectivity index (χ0) is 15.1. The van der Waals surface area contributed by atoms with E-state index in [1.54, 1.807) is 20.9 Å². The highest BCUT2D eigenvalue weighted by Gasteiger charge is 2.23. The fourth-order valence-corrected chi connectivity index (χ4v) is 3.01. The van der Waals surface area contributed by atoms with Crippen LogP contribution in [0.15, 0.2) is 23.1 Å². The minimum Gasteiger partial charge on any atom is -0.263 e. The Labute approximate surface area is 115 Å². The predicted molar refractivity (Wildman–Crippen MR) is 69.8 cm³/mol. The summed E-state index contributed by atoms with van der Waals surface area (Å²) in [5, 5.41) is 4.05. The molecule has 1 heterocycles. The van der Waals surface area contributed by atoms with E-state index in [-0.39, 0.29) is 5.82 Å².